The topological polar surface area (TPSA) is 13.0 Å². The second-order valence-electron chi connectivity index (χ2n) is 10.7. The molecule has 4 saturated heterocycles. The van der Waals surface area contributed by atoms with Crippen LogP contribution < -0.4 is 0 Å². The molecule has 4 heterocycles. The van der Waals surface area contributed by atoms with E-state index in [1.165, 1.54) is 52.1 Å². The van der Waals surface area contributed by atoms with Crippen LogP contribution in [-0.2, 0) is 0 Å². The van der Waals surface area contributed by atoms with E-state index in [-0.39, 0.29) is 0 Å². The quantitative estimate of drug-likeness (QED) is 0.767. The van der Waals surface area contributed by atoms with Crippen LogP contribution in [0, 0.1) is 0 Å². The minimum Gasteiger partial charge on any atom is -0.295 e. The molecule has 0 radical (unpaired) electrons. The van der Waals surface area contributed by atoms with Gasteiger partial charge in [-0.15, -0.1) is 0 Å². The van der Waals surface area contributed by atoms with Crippen LogP contribution in [0.4, 0.5) is 0 Å². The molecule has 4 nitrogen and oxygen atoms in total. The van der Waals surface area contributed by atoms with Gasteiger partial charge in [-0.1, -0.05) is 0 Å². The van der Waals surface area contributed by atoms with Gasteiger partial charge in [-0.3, -0.25) is 19.6 Å². The van der Waals surface area contributed by atoms with Crippen LogP contribution in [0.25, 0.3) is 0 Å². The third-order valence-corrected chi connectivity index (χ3v) is 7.13. The van der Waals surface area contributed by atoms with Crippen LogP contribution in [0.15, 0.2) is 0 Å². The van der Waals surface area contributed by atoms with Crippen LogP contribution in [0.3, 0.4) is 0 Å². The van der Waals surface area contributed by atoms with E-state index in [4.69, 9.17) is 0 Å². The van der Waals surface area contributed by atoms with Gasteiger partial charge in [0.2, 0.25) is 0 Å². The maximum Gasteiger partial charge on any atom is 0.0357 e. The van der Waals surface area contributed by atoms with E-state index in [0.717, 1.165) is 24.2 Å². The van der Waals surface area contributed by atoms with Crippen molar-refractivity contribution in [2.45, 2.75) is 89.6 Å². The first-order valence-electron chi connectivity index (χ1n) is 10.1. The summed E-state index contributed by atoms with van der Waals surface area (Å²) in [5.41, 5.74) is 0.694. The lowest BCUT2D eigenvalue weighted by Gasteiger charge is -2.58. The Morgan fingerprint density at radius 2 is 0.958 bits per heavy atom. The molecule has 4 aliphatic heterocycles. The molecule has 138 valence electrons. The highest BCUT2D eigenvalue weighted by atomic mass is 15.4. The zero-order chi connectivity index (χ0) is 17.3. The van der Waals surface area contributed by atoms with Crippen molar-refractivity contribution in [1.29, 1.82) is 0 Å². The molecule has 2 unspecified atom stereocenters. The summed E-state index contributed by atoms with van der Waals surface area (Å²) in [5.74, 6) is 0. The molecule has 0 aliphatic carbocycles. The molecule has 24 heavy (non-hydrogen) atoms. The van der Waals surface area contributed by atoms with Gasteiger partial charge in [0.05, 0.1) is 0 Å². The fraction of sp³-hybridized carbons (Fsp3) is 1.00. The normalized spacial score (nSPS) is 35.2. The van der Waals surface area contributed by atoms with Crippen molar-refractivity contribution in [3.05, 3.63) is 0 Å². The second-order valence-corrected chi connectivity index (χ2v) is 10.7. The minimum atomic E-state index is 0.347. The monoisotopic (exact) mass is 334 g/mol. The predicted octanol–water partition coefficient (Wildman–Crippen LogP) is 2.10. The van der Waals surface area contributed by atoms with E-state index < -0.39 is 0 Å². The lowest BCUT2D eigenvalue weighted by molar-refractivity contribution is -0.0923. The van der Waals surface area contributed by atoms with Gasteiger partial charge in [-0.25, -0.2) is 0 Å². The van der Waals surface area contributed by atoms with Gasteiger partial charge in [0.1, 0.15) is 0 Å². The summed E-state index contributed by atoms with van der Waals surface area (Å²) in [6, 6.07) is 3.32. The summed E-state index contributed by atoms with van der Waals surface area (Å²) in [6.07, 6.45) is 2.87. The van der Waals surface area contributed by atoms with Gasteiger partial charge in [0, 0.05) is 74.5 Å². The van der Waals surface area contributed by atoms with Gasteiger partial charge < -0.3 is 0 Å². The van der Waals surface area contributed by atoms with Crippen molar-refractivity contribution in [3.63, 3.8) is 0 Å². The summed E-state index contributed by atoms with van der Waals surface area (Å²) in [6.45, 7) is 21.9. The van der Waals surface area contributed by atoms with Crippen molar-refractivity contribution in [3.8, 4) is 0 Å². The van der Waals surface area contributed by atoms with Crippen LogP contribution in [0.1, 0.15) is 54.4 Å². The molecule has 0 aromatic rings. The Kier molecular flexibility index (Phi) is 4.08. The third kappa shape index (κ3) is 2.94. The number of fused-ring (bicyclic) bond motifs is 2. The summed E-state index contributed by atoms with van der Waals surface area (Å²) in [5, 5.41) is 0. The Morgan fingerprint density at radius 1 is 0.542 bits per heavy atom. The van der Waals surface area contributed by atoms with Crippen molar-refractivity contribution in [1.82, 2.24) is 19.6 Å². The zero-order valence-corrected chi connectivity index (χ0v) is 16.8. The lowest BCUT2D eigenvalue weighted by atomic mass is 9.93. The van der Waals surface area contributed by atoms with E-state index in [9.17, 15) is 0 Å². The highest BCUT2D eigenvalue weighted by Crippen LogP contribution is 2.38. The molecule has 2 atom stereocenters. The van der Waals surface area contributed by atoms with Gasteiger partial charge in [0.15, 0.2) is 0 Å². The van der Waals surface area contributed by atoms with Gasteiger partial charge in [-0.2, -0.15) is 0 Å². The fourth-order valence-corrected chi connectivity index (χ4v) is 5.29. The highest BCUT2D eigenvalue weighted by molar-refractivity contribution is 5.07. The molecular formula is C20H38N4. The highest BCUT2D eigenvalue weighted by Gasteiger charge is 2.50. The van der Waals surface area contributed by atoms with Gasteiger partial charge in [-0.05, 0) is 54.4 Å². The molecule has 4 fully saturated rings. The van der Waals surface area contributed by atoms with Crippen LogP contribution in [-0.4, -0.2) is 94.1 Å². The summed E-state index contributed by atoms with van der Waals surface area (Å²) >= 11 is 0. The number of likely N-dealkylation sites (tertiary alicyclic amines) is 3. The first kappa shape index (κ1) is 17.3. The maximum absolute atomic E-state index is 2.93. The fourth-order valence-electron chi connectivity index (χ4n) is 5.29. The summed E-state index contributed by atoms with van der Waals surface area (Å²) < 4.78 is 0. The van der Waals surface area contributed by atoms with E-state index in [1.54, 1.807) is 0 Å². The number of rotatable bonds is 2. The van der Waals surface area contributed by atoms with Gasteiger partial charge >= 0.3 is 0 Å². The number of hydrogen-bond acceptors (Lipinski definition) is 4. The van der Waals surface area contributed by atoms with Crippen molar-refractivity contribution in [2.24, 2.45) is 0 Å². The average Bonchev–Trinajstić information content (AvgIpc) is 2.56. The lowest BCUT2D eigenvalue weighted by Crippen LogP contribution is -2.72. The van der Waals surface area contributed by atoms with Crippen molar-refractivity contribution in [2.75, 3.05) is 39.3 Å². The van der Waals surface area contributed by atoms with Crippen LogP contribution >= 0.6 is 0 Å². The molecule has 4 heteroatoms. The molecule has 4 aliphatic rings. The number of nitrogens with zero attached hydrogens (tertiary/aromatic N) is 4. The van der Waals surface area contributed by atoms with E-state index >= 15 is 0 Å². The van der Waals surface area contributed by atoms with Gasteiger partial charge in [0.25, 0.3) is 0 Å². The zero-order valence-electron chi connectivity index (χ0n) is 16.8. The molecule has 0 amide bonds. The standard InChI is InChI=1S/C20H38N4/c1-19(2,3)22-11-17(12-22)21-9-15-7-8-16(10-21)24(15)18-13-23(14-18)20(4,5)6/h15-18H,7-14H2,1-6H3. The molecule has 0 aromatic heterocycles. The molecule has 4 rings (SSSR count). The Bertz CT molecular complexity index is 451. The smallest absolute Gasteiger partial charge is 0.0357 e. The molecular weight excluding hydrogens is 296 g/mol. The largest absolute Gasteiger partial charge is 0.295 e. The predicted molar refractivity (Wildman–Crippen MR) is 100 cm³/mol. The van der Waals surface area contributed by atoms with E-state index in [2.05, 4.69) is 61.1 Å². The van der Waals surface area contributed by atoms with E-state index in [1.807, 2.05) is 0 Å². The average molecular weight is 335 g/mol. The summed E-state index contributed by atoms with van der Waals surface area (Å²) in [4.78, 5) is 11.1. The SMILES string of the molecule is CC(C)(C)N1CC(N2CC3CCC(C2)N3C2CN(C(C)(C)C)C2)C1. The Hall–Kier alpha value is -0.160. The number of hydrogen-bond donors (Lipinski definition) is 0. The molecule has 0 saturated carbocycles. The molecule has 0 N–H and O–H groups in total. The van der Waals surface area contributed by atoms with E-state index in [0.29, 0.717) is 11.1 Å². The molecule has 0 spiro atoms. The third-order valence-electron chi connectivity index (χ3n) is 7.13. The van der Waals surface area contributed by atoms with Crippen LogP contribution in [0.5, 0.6) is 0 Å². The maximum atomic E-state index is 2.93. The Labute approximate surface area is 149 Å². The first-order chi connectivity index (χ1) is 11.1. The van der Waals surface area contributed by atoms with Crippen molar-refractivity contribution >= 4 is 0 Å². The molecule has 0 aromatic carbocycles. The van der Waals surface area contributed by atoms with Crippen molar-refractivity contribution < 1.29 is 0 Å². The first-order valence-corrected chi connectivity index (χ1v) is 10.1. The van der Waals surface area contributed by atoms with Crippen LogP contribution in [0.2, 0.25) is 0 Å². The molecule has 2 bridgehead atoms. The second kappa shape index (κ2) is 5.67. The summed E-state index contributed by atoms with van der Waals surface area (Å²) in [7, 11) is 0. The minimum absolute atomic E-state index is 0.347. The Morgan fingerprint density at radius 3 is 1.38 bits per heavy atom. The number of piperazine rings is 1. The Balaban J connectivity index is 1.31.